The minimum Gasteiger partial charge on any atom is -0.389 e. The summed E-state index contributed by atoms with van der Waals surface area (Å²) in [6.45, 7) is 3.26. The normalized spacial score (nSPS) is 12.0. The SMILES string of the molecule is CCCNc1cnccc1C(=O)N(C)CC(O)COC. The molecule has 0 saturated heterocycles. The van der Waals surface area contributed by atoms with Crippen LogP contribution in [0.5, 0.6) is 0 Å². The van der Waals surface area contributed by atoms with Gasteiger partial charge in [0.05, 0.1) is 30.2 Å². The van der Waals surface area contributed by atoms with Gasteiger partial charge in [0.1, 0.15) is 0 Å². The number of aromatic nitrogens is 1. The molecule has 0 radical (unpaired) electrons. The van der Waals surface area contributed by atoms with Gasteiger partial charge in [-0.15, -0.1) is 0 Å². The van der Waals surface area contributed by atoms with Gasteiger partial charge in [0.25, 0.3) is 5.91 Å². The summed E-state index contributed by atoms with van der Waals surface area (Å²) in [6, 6.07) is 1.68. The molecule has 20 heavy (non-hydrogen) atoms. The molecule has 0 spiro atoms. The minimum absolute atomic E-state index is 0.152. The Morgan fingerprint density at radius 3 is 3.00 bits per heavy atom. The van der Waals surface area contributed by atoms with Crippen LogP contribution in [0.4, 0.5) is 5.69 Å². The van der Waals surface area contributed by atoms with E-state index in [1.54, 1.807) is 25.5 Å². The van der Waals surface area contributed by atoms with Crippen LogP contribution in [0, 0.1) is 0 Å². The lowest BCUT2D eigenvalue weighted by molar-refractivity contribution is 0.0380. The number of anilines is 1. The maximum absolute atomic E-state index is 12.4. The molecule has 1 unspecified atom stereocenters. The van der Waals surface area contributed by atoms with E-state index in [2.05, 4.69) is 17.2 Å². The fourth-order valence-corrected chi connectivity index (χ4v) is 1.83. The highest BCUT2D eigenvalue weighted by atomic mass is 16.5. The number of amides is 1. The molecule has 1 aromatic rings. The monoisotopic (exact) mass is 281 g/mol. The average Bonchev–Trinajstić information content (AvgIpc) is 2.44. The molecule has 1 rings (SSSR count). The van der Waals surface area contributed by atoms with Crippen LogP contribution in [-0.4, -0.2) is 60.9 Å². The van der Waals surface area contributed by atoms with Gasteiger partial charge in [-0.2, -0.15) is 0 Å². The van der Waals surface area contributed by atoms with Crippen LogP contribution in [-0.2, 0) is 4.74 Å². The predicted molar refractivity (Wildman–Crippen MR) is 77.9 cm³/mol. The minimum atomic E-state index is -0.692. The summed E-state index contributed by atoms with van der Waals surface area (Å²) in [7, 11) is 3.17. The lowest BCUT2D eigenvalue weighted by atomic mass is 10.2. The second kappa shape index (κ2) is 8.50. The Morgan fingerprint density at radius 2 is 2.35 bits per heavy atom. The van der Waals surface area contributed by atoms with Crippen molar-refractivity contribution in [3.05, 3.63) is 24.0 Å². The van der Waals surface area contributed by atoms with Gasteiger partial charge in [-0.3, -0.25) is 9.78 Å². The Labute approximate surface area is 119 Å². The predicted octanol–water partition coefficient (Wildman–Crippen LogP) is 0.983. The van der Waals surface area contributed by atoms with Gasteiger partial charge in [0, 0.05) is 33.4 Å². The molecule has 0 aromatic carbocycles. The molecule has 6 heteroatoms. The summed E-state index contributed by atoms with van der Waals surface area (Å²) >= 11 is 0. The molecule has 0 fully saturated rings. The number of likely N-dealkylation sites (N-methyl/N-ethyl adjacent to an activating group) is 1. The van der Waals surface area contributed by atoms with Crippen molar-refractivity contribution in [1.29, 1.82) is 0 Å². The number of carbonyl (C=O) groups is 1. The lowest BCUT2D eigenvalue weighted by Crippen LogP contribution is -2.36. The van der Waals surface area contributed by atoms with Crippen LogP contribution in [0.15, 0.2) is 18.5 Å². The first kappa shape index (κ1) is 16.4. The van der Waals surface area contributed by atoms with E-state index in [0.717, 1.165) is 13.0 Å². The zero-order valence-corrected chi connectivity index (χ0v) is 12.3. The van der Waals surface area contributed by atoms with Crippen molar-refractivity contribution in [3.8, 4) is 0 Å². The van der Waals surface area contributed by atoms with E-state index in [1.165, 1.54) is 12.0 Å². The number of aliphatic hydroxyl groups excluding tert-OH is 1. The topological polar surface area (TPSA) is 74.7 Å². The van der Waals surface area contributed by atoms with Crippen LogP contribution in [0.25, 0.3) is 0 Å². The fraction of sp³-hybridized carbons (Fsp3) is 0.571. The van der Waals surface area contributed by atoms with E-state index >= 15 is 0 Å². The van der Waals surface area contributed by atoms with Gasteiger partial charge in [-0.25, -0.2) is 0 Å². The molecule has 112 valence electrons. The number of rotatable bonds is 8. The Hall–Kier alpha value is -1.66. The van der Waals surface area contributed by atoms with E-state index in [-0.39, 0.29) is 19.1 Å². The number of pyridine rings is 1. The molecule has 2 N–H and O–H groups in total. The van der Waals surface area contributed by atoms with E-state index in [1.807, 2.05) is 0 Å². The second-order valence-electron chi connectivity index (χ2n) is 4.64. The van der Waals surface area contributed by atoms with Crippen molar-refractivity contribution < 1.29 is 14.6 Å². The summed E-state index contributed by atoms with van der Waals surface area (Å²) in [6.07, 6.45) is 3.50. The number of hydrogen-bond donors (Lipinski definition) is 2. The molecule has 1 atom stereocenters. The highest BCUT2D eigenvalue weighted by Gasteiger charge is 2.18. The van der Waals surface area contributed by atoms with Gasteiger partial charge >= 0.3 is 0 Å². The number of methoxy groups -OCH3 is 1. The number of carbonyl (C=O) groups excluding carboxylic acids is 1. The molecule has 1 amide bonds. The number of ether oxygens (including phenoxy) is 1. The van der Waals surface area contributed by atoms with E-state index in [0.29, 0.717) is 11.3 Å². The Balaban J connectivity index is 2.75. The van der Waals surface area contributed by atoms with Gasteiger partial charge in [0.15, 0.2) is 0 Å². The molecule has 0 aliphatic heterocycles. The van der Waals surface area contributed by atoms with Gasteiger partial charge in [-0.05, 0) is 12.5 Å². The molecule has 0 saturated carbocycles. The van der Waals surface area contributed by atoms with Crippen LogP contribution in [0.2, 0.25) is 0 Å². The summed E-state index contributed by atoms with van der Waals surface area (Å²) in [4.78, 5) is 17.9. The van der Waals surface area contributed by atoms with Crippen molar-refractivity contribution >= 4 is 11.6 Å². The highest BCUT2D eigenvalue weighted by Crippen LogP contribution is 2.15. The van der Waals surface area contributed by atoms with Crippen molar-refractivity contribution in [2.24, 2.45) is 0 Å². The second-order valence-corrected chi connectivity index (χ2v) is 4.64. The lowest BCUT2D eigenvalue weighted by Gasteiger charge is -2.21. The number of nitrogens with zero attached hydrogens (tertiary/aromatic N) is 2. The summed E-state index contributed by atoms with van der Waals surface area (Å²) in [5.74, 6) is -0.152. The third-order valence-electron chi connectivity index (χ3n) is 2.81. The third-order valence-corrected chi connectivity index (χ3v) is 2.81. The van der Waals surface area contributed by atoms with Crippen molar-refractivity contribution in [1.82, 2.24) is 9.88 Å². The zero-order valence-electron chi connectivity index (χ0n) is 12.3. The quantitative estimate of drug-likeness (QED) is 0.743. The molecular formula is C14H23N3O3. The Kier molecular flexibility index (Phi) is 6.97. The molecule has 6 nitrogen and oxygen atoms in total. The standard InChI is InChI=1S/C14H23N3O3/c1-4-6-16-13-8-15-7-5-12(13)14(19)17(2)9-11(18)10-20-3/h5,7-8,11,16,18H,4,6,9-10H2,1-3H3. The van der Waals surface area contributed by atoms with Gasteiger partial charge in [0.2, 0.25) is 0 Å². The fourth-order valence-electron chi connectivity index (χ4n) is 1.83. The van der Waals surface area contributed by atoms with Gasteiger partial charge < -0.3 is 20.1 Å². The highest BCUT2D eigenvalue weighted by molar-refractivity contribution is 5.99. The van der Waals surface area contributed by atoms with Gasteiger partial charge in [-0.1, -0.05) is 6.92 Å². The van der Waals surface area contributed by atoms with Crippen LogP contribution in [0.3, 0.4) is 0 Å². The third kappa shape index (κ3) is 4.79. The first-order chi connectivity index (χ1) is 9.60. The van der Waals surface area contributed by atoms with E-state index < -0.39 is 6.10 Å². The zero-order chi connectivity index (χ0) is 15.0. The molecule has 0 bridgehead atoms. The summed E-state index contributed by atoms with van der Waals surface area (Å²) in [5.41, 5.74) is 1.27. The molecule has 0 aliphatic carbocycles. The summed E-state index contributed by atoms with van der Waals surface area (Å²) < 4.78 is 4.86. The molecule has 1 heterocycles. The van der Waals surface area contributed by atoms with Crippen LogP contribution >= 0.6 is 0 Å². The first-order valence-corrected chi connectivity index (χ1v) is 6.70. The van der Waals surface area contributed by atoms with Crippen LogP contribution in [0.1, 0.15) is 23.7 Å². The number of hydrogen-bond acceptors (Lipinski definition) is 5. The molecular weight excluding hydrogens is 258 g/mol. The van der Waals surface area contributed by atoms with E-state index in [4.69, 9.17) is 4.74 Å². The van der Waals surface area contributed by atoms with Crippen molar-refractivity contribution in [3.63, 3.8) is 0 Å². The first-order valence-electron chi connectivity index (χ1n) is 6.70. The largest absolute Gasteiger partial charge is 0.389 e. The maximum Gasteiger partial charge on any atom is 0.255 e. The summed E-state index contributed by atoms with van der Waals surface area (Å²) in [5, 5.41) is 12.9. The Bertz CT molecular complexity index is 426. The van der Waals surface area contributed by atoms with Crippen molar-refractivity contribution in [2.45, 2.75) is 19.4 Å². The molecule has 1 aromatic heterocycles. The van der Waals surface area contributed by atoms with E-state index in [9.17, 15) is 9.90 Å². The average molecular weight is 281 g/mol. The number of nitrogens with one attached hydrogen (secondary N) is 1. The maximum atomic E-state index is 12.4. The Morgan fingerprint density at radius 1 is 1.60 bits per heavy atom. The van der Waals surface area contributed by atoms with Crippen molar-refractivity contribution in [2.75, 3.05) is 39.2 Å². The molecule has 0 aliphatic rings. The number of aliphatic hydroxyl groups is 1. The van der Waals surface area contributed by atoms with Crippen LogP contribution < -0.4 is 5.32 Å². The smallest absolute Gasteiger partial charge is 0.255 e.